The molecule has 32 heavy (non-hydrogen) atoms. The van der Waals surface area contributed by atoms with Crippen molar-refractivity contribution in [1.82, 2.24) is 4.90 Å². The van der Waals surface area contributed by atoms with Crippen molar-refractivity contribution in [2.75, 3.05) is 46.6 Å². The largest absolute Gasteiger partial charge is 0.494 e. The van der Waals surface area contributed by atoms with E-state index < -0.39 is 0 Å². The Kier molecular flexibility index (Phi) is 6.23. The highest BCUT2D eigenvalue weighted by molar-refractivity contribution is 5.97. The molecular formula is C26H30FN2O3+. The summed E-state index contributed by atoms with van der Waals surface area (Å²) in [6, 6.07) is 11.5. The smallest absolute Gasteiger partial charge is 0.189 e. The van der Waals surface area contributed by atoms with Crippen molar-refractivity contribution in [3.05, 3.63) is 54.1 Å². The van der Waals surface area contributed by atoms with Crippen LogP contribution in [0.3, 0.4) is 0 Å². The number of aromatic nitrogens is 1. The molecule has 2 aromatic carbocycles. The summed E-state index contributed by atoms with van der Waals surface area (Å²) in [5.74, 6) is 0.816. The molecule has 0 spiro atoms. The lowest BCUT2D eigenvalue weighted by atomic mass is 9.98. The third-order valence-corrected chi connectivity index (χ3v) is 6.49. The summed E-state index contributed by atoms with van der Waals surface area (Å²) in [7, 11) is 1.49. The van der Waals surface area contributed by atoms with Gasteiger partial charge in [0.25, 0.3) is 0 Å². The number of hydrogen-bond acceptors (Lipinski definition) is 4. The van der Waals surface area contributed by atoms with Crippen LogP contribution in [0.2, 0.25) is 0 Å². The molecule has 5 nitrogen and oxygen atoms in total. The molecule has 0 atom stereocenters. The second-order valence-corrected chi connectivity index (χ2v) is 8.50. The Hall–Kier alpha value is -2.70. The van der Waals surface area contributed by atoms with Crippen molar-refractivity contribution in [3.63, 3.8) is 0 Å². The van der Waals surface area contributed by atoms with Crippen molar-refractivity contribution in [2.24, 2.45) is 0 Å². The average Bonchev–Trinajstić information content (AvgIpc) is 3.31. The molecule has 2 aliphatic heterocycles. The Bertz CT molecular complexity index is 1110. The van der Waals surface area contributed by atoms with E-state index in [1.165, 1.54) is 18.2 Å². The molecule has 1 aromatic heterocycles. The molecule has 0 bridgehead atoms. The van der Waals surface area contributed by atoms with Crippen LogP contribution in [0.1, 0.15) is 18.5 Å². The van der Waals surface area contributed by atoms with E-state index in [0.29, 0.717) is 6.61 Å². The summed E-state index contributed by atoms with van der Waals surface area (Å²) < 4.78 is 33.3. The Morgan fingerprint density at radius 3 is 2.78 bits per heavy atom. The first-order valence-corrected chi connectivity index (χ1v) is 11.5. The van der Waals surface area contributed by atoms with E-state index in [1.54, 1.807) is 12.1 Å². The monoisotopic (exact) mass is 437 g/mol. The Labute approximate surface area is 188 Å². The van der Waals surface area contributed by atoms with Gasteiger partial charge in [-0.25, -0.2) is 8.96 Å². The fourth-order valence-electron chi connectivity index (χ4n) is 4.81. The van der Waals surface area contributed by atoms with Crippen LogP contribution in [0.15, 0.2) is 42.6 Å². The molecule has 5 rings (SSSR count). The van der Waals surface area contributed by atoms with Gasteiger partial charge in [0.2, 0.25) is 0 Å². The maximum atomic E-state index is 14.4. The molecule has 0 radical (unpaired) electrons. The molecule has 0 aliphatic carbocycles. The van der Waals surface area contributed by atoms with Crippen LogP contribution in [0.4, 0.5) is 4.39 Å². The third-order valence-electron chi connectivity index (χ3n) is 6.49. The quantitative estimate of drug-likeness (QED) is 0.414. The van der Waals surface area contributed by atoms with Gasteiger partial charge >= 0.3 is 0 Å². The first-order chi connectivity index (χ1) is 15.7. The van der Waals surface area contributed by atoms with Gasteiger partial charge in [0.15, 0.2) is 23.5 Å². The fourth-order valence-corrected chi connectivity index (χ4v) is 4.81. The lowest BCUT2D eigenvalue weighted by Crippen LogP contribution is -2.37. The van der Waals surface area contributed by atoms with Crippen LogP contribution in [0, 0.1) is 5.82 Å². The van der Waals surface area contributed by atoms with E-state index in [4.69, 9.17) is 14.2 Å². The Balaban J connectivity index is 1.39. The second-order valence-electron chi connectivity index (χ2n) is 8.50. The number of aryl methyl sites for hydroxylation is 2. The number of pyridine rings is 1. The molecular weight excluding hydrogens is 407 g/mol. The molecule has 2 aliphatic rings. The summed E-state index contributed by atoms with van der Waals surface area (Å²) in [6.07, 6.45) is 5.33. The van der Waals surface area contributed by atoms with Gasteiger partial charge in [-0.05, 0) is 42.3 Å². The van der Waals surface area contributed by atoms with Crippen molar-refractivity contribution in [3.8, 4) is 22.6 Å². The van der Waals surface area contributed by atoms with Gasteiger partial charge in [-0.2, -0.15) is 0 Å². The van der Waals surface area contributed by atoms with Crippen molar-refractivity contribution in [1.29, 1.82) is 0 Å². The van der Waals surface area contributed by atoms with Crippen LogP contribution in [-0.2, 0) is 17.7 Å². The summed E-state index contributed by atoms with van der Waals surface area (Å²) in [6.45, 7) is 6.39. The normalized spacial score (nSPS) is 16.3. The lowest BCUT2D eigenvalue weighted by Gasteiger charge is -2.26. The maximum absolute atomic E-state index is 14.4. The minimum atomic E-state index is -0.344. The maximum Gasteiger partial charge on any atom is 0.189 e. The van der Waals surface area contributed by atoms with E-state index in [2.05, 4.69) is 27.8 Å². The molecule has 0 unspecified atom stereocenters. The van der Waals surface area contributed by atoms with Crippen LogP contribution in [0.25, 0.3) is 21.9 Å². The lowest BCUT2D eigenvalue weighted by molar-refractivity contribution is -0.688. The van der Waals surface area contributed by atoms with Crippen LogP contribution in [-0.4, -0.2) is 51.5 Å². The highest BCUT2D eigenvalue weighted by Gasteiger charge is 2.25. The summed E-state index contributed by atoms with van der Waals surface area (Å²) in [4.78, 5) is 2.43. The van der Waals surface area contributed by atoms with Crippen molar-refractivity contribution >= 4 is 10.8 Å². The summed E-state index contributed by atoms with van der Waals surface area (Å²) in [5, 5.41) is 2.32. The SMILES string of the molecule is COc1ccc(-c2c[n+]3c(c4cc(OCCCN5CCOCC5)ccc24)CCC3)cc1F. The predicted molar refractivity (Wildman–Crippen MR) is 122 cm³/mol. The predicted octanol–water partition coefficient (Wildman–Crippen LogP) is 3.99. The number of rotatable bonds is 7. The van der Waals surface area contributed by atoms with Crippen LogP contribution >= 0.6 is 0 Å². The number of hydrogen-bond donors (Lipinski definition) is 0. The number of methoxy groups -OCH3 is 1. The zero-order valence-corrected chi connectivity index (χ0v) is 18.6. The van der Waals surface area contributed by atoms with Gasteiger partial charge in [-0.15, -0.1) is 0 Å². The third kappa shape index (κ3) is 4.30. The van der Waals surface area contributed by atoms with Gasteiger partial charge in [0.1, 0.15) is 12.3 Å². The molecule has 1 saturated heterocycles. The number of fused-ring (bicyclic) bond motifs is 3. The van der Waals surface area contributed by atoms with E-state index in [1.807, 2.05) is 12.1 Å². The Morgan fingerprint density at radius 2 is 1.97 bits per heavy atom. The number of morpholine rings is 1. The van der Waals surface area contributed by atoms with E-state index in [9.17, 15) is 4.39 Å². The number of nitrogens with zero attached hydrogens (tertiary/aromatic N) is 2. The molecule has 3 aromatic rings. The summed E-state index contributed by atoms with van der Waals surface area (Å²) in [5.41, 5.74) is 3.22. The standard InChI is InChI=1S/C26H30FN2O3/c1-30-26-8-5-19(16-24(26)27)23-18-29-10-2-4-25(29)22-17-20(6-7-21(22)23)32-13-3-9-28-11-14-31-15-12-28/h5-8,16-18H,2-4,9-15H2,1H3/q+1. The highest BCUT2D eigenvalue weighted by atomic mass is 19.1. The van der Waals surface area contributed by atoms with E-state index in [-0.39, 0.29) is 11.6 Å². The van der Waals surface area contributed by atoms with E-state index in [0.717, 1.165) is 80.9 Å². The molecule has 1 fully saturated rings. The van der Waals surface area contributed by atoms with Gasteiger partial charge in [0.05, 0.1) is 37.9 Å². The molecule has 168 valence electrons. The fraction of sp³-hybridized carbons (Fsp3) is 0.423. The van der Waals surface area contributed by atoms with Gasteiger partial charge in [-0.3, -0.25) is 4.90 Å². The van der Waals surface area contributed by atoms with Gasteiger partial charge < -0.3 is 14.2 Å². The van der Waals surface area contributed by atoms with Crippen molar-refractivity contribution in [2.45, 2.75) is 25.8 Å². The van der Waals surface area contributed by atoms with Gasteiger partial charge in [-0.1, -0.05) is 6.07 Å². The van der Waals surface area contributed by atoms with Gasteiger partial charge in [0, 0.05) is 37.9 Å². The zero-order valence-electron chi connectivity index (χ0n) is 18.6. The molecule has 0 amide bonds. The topological polar surface area (TPSA) is 34.8 Å². The minimum Gasteiger partial charge on any atom is -0.494 e. The second kappa shape index (κ2) is 9.43. The van der Waals surface area contributed by atoms with Crippen LogP contribution in [0.5, 0.6) is 11.5 Å². The highest BCUT2D eigenvalue weighted by Crippen LogP contribution is 2.34. The van der Waals surface area contributed by atoms with Crippen molar-refractivity contribution < 1.29 is 23.2 Å². The number of benzene rings is 2. The van der Waals surface area contributed by atoms with Crippen LogP contribution < -0.4 is 14.0 Å². The number of halogens is 1. The van der Waals surface area contributed by atoms with E-state index >= 15 is 0 Å². The molecule has 0 N–H and O–H groups in total. The first-order valence-electron chi connectivity index (χ1n) is 11.5. The molecule has 6 heteroatoms. The molecule has 0 saturated carbocycles. The summed E-state index contributed by atoms with van der Waals surface area (Å²) >= 11 is 0. The number of ether oxygens (including phenoxy) is 3. The minimum absolute atomic E-state index is 0.264. The first kappa shape index (κ1) is 21.2. The zero-order chi connectivity index (χ0) is 21.9. The molecule has 3 heterocycles. The average molecular weight is 438 g/mol. The Morgan fingerprint density at radius 1 is 1.09 bits per heavy atom.